The van der Waals surface area contributed by atoms with Crippen molar-refractivity contribution in [1.82, 2.24) is 20.5 Å². The first kappa shape index (κ1) is 21.2. The minimum Gasteiger partial charge on any atom is -0.439 e. The quantitative estimate of drug-likeness (QED) is 0.412. The molecule has 7 nitrogen and oxygen atoms in total. The van der Waals surface area contributed by atoms with E-state index in [2.05, 4.69) is 20.5 Å². The van der Waals surface area contributed by atoms with E-state index < -0.39 is 5.82 Å². The zero-order valence-electron chi connectivity index (χ0n) is 17.2. The summed E-state index contributed by atoms with van der Waals surface area (Å²) in [6.07, 6.45) is 2.97. The van der Waals surface area contributed by atoms with Crippen LogP contribution < -0.4 is 10.1 Å². The van der Waals surface area contributed by atoms with Crippen molar-refractivity contribution < 1.29 is 18.3 Å². The molecule has 0 radical (unpaired) electrons. The highest BCUT2D eigenvalue weighted by Crippen LogP contribution is 2.23. The lowest BCUT2D eigenvalue weighted by Gasteiger charge is -2.11. The average Bonchev–Trinajstić information content (AvgIpc) is 3.28. The maximum Gasteiger partial charge on any atom is 0.247 e. The summed E-state index contributed by atoms with van der Waals surface area (Å²) in [6.45, 7) is 0.246. The summed E-state index contributed by atoms with van der Waals surface area (Å²) in [7, 11) is 0. The highest BCUT2D eigenvalue weighted by molar-refractivity contribution is 5.75. The van der Waals surface area contributed by atoms with E-state index in [9.17, 15) is 9.18 Å². The number of aryl methyl sites for hydroxylation is 1. The predicted octanol–water partition coefficient (Wildman–Crippen LogP) is 4.70. The van der Waals surface area contributed by atoms with Gasteiger partial charge in [-0.3, -0.25) is 4.79 Å². The molecule has 4 rings (SSSR count). The Morgan fingerprint density at radius 1 is 1.03 bits per heavy atom. The maximum atomic E-state index is 13.4. The number of benzene rings is 2. The molecule has 4 aromatic rings. The number of hydrogen-bond acceptors (Lipinski definition) is 6. The van der Waals surface area contributed by atoms with Crippen molar-refractivity contribution in [1.29, 1.82) is 0 Å². The van der Waals surface area contributed by atoms with Crippen molar-refractivity contribution >= 4 is 5.91 Å². The molecule has 2 heterocycles. The Bertz CT molecular complexity index is 1180. The fourth-order valence-electron chi connectivity index (χ4n) is 3.03. The standard InChI is InChI=1S/C24H21FN4O3/c25-19-10-4-11-20(15-19)31-23-18(9-6-14-26-23)16-27-21(30)12-5-13-22-28-29-24(32-22)17-7-2-1-3-8-17/h1-4,6-11,14-15H,5,12-13,16H2,(H,27,30). The van der Waals surface area contributed by atoms with Crippen LogP contribution in [0, 0.1) is 5.82 Å². The first-order chi connectivity index (χ1) is 15.7. The maximum absolute atomic E-state index is 13.4. The fraction of sp³-hybridized carbons (Fsp3) is 0.167. The molecular weight excluding hydrogens is 411 g/mol. The average molecular weight is 432 g/mol. The van der Waals surface area contributed by atoms with E-state index in [0.717, 1.165) is 5.56 Å². The van der Waals surface area contributed by atoms with E-state index in [0.29, 0.717) is 48.2 Å². The number of ether oxygens (including phenoxy) is 1. The number of halogens is 1. The normalized spacial score (nSPS) is 10.7. The van der Waals surface area contributed by atoms with Gasteiger partial charge in [-0.05, 0) is 36.8 Å². The van der Waals surface area contributed by atoms with Gasteiger partial charge in [0.25, 0.3) is 0 Å². The minimum atomic E-state index is -0.398. The van der Waals surface area contributed by atoms with Gasteiger partial charge in [-0.1, -0.05) is 30.3 Å². The molecule has 0 saturated heterocycles. The molecule has 8 heteroatoms. The largest absolute Gasteiger partial charge is 0.439 e. The van der Waals surface area contributed by atoms with E-state index in [-0.39, 0.29) is 12.5 Å². The van der Waals surface area contributed by atoms with Crippen molar-refractivity contribution in [3.05, 3.63) is 90.2 Å². The molecule has 0 atom stereocenters. The van der Waals surface area contributed by atoms with Gasteiger partial charge in [-0.2, -0.15) is 0 Å². The van der Waals surface area contributed by atoms with Gasteiger partial charge >= 0.3 is 0 Å². The molecule has 162 valence electrons. The molecule has 2 aromatic heterocycles. The van der Waals surface area contributed by atoms with Crippen LogP contribution in [0.4, 0.5) is 4.39 Å². The van der Waals surface area contributed by atoms with Gasteiger partial charge in [0.1, 0.15) is 11.6 Å². The Morgan fingerprint density at radius 3 is 2.75 bits per heavy atom. The number of nitrogens with one attached hydrogen (secondary N) is 1. The summed E-state index contributed by atoms with van der Waals surface area (Å²) in [6, 6.07) is 18.9. The van der Waals surface area contributed by atoms with Crippen LogP contribution in [0.15, 0.2) is 77.3 Å². The van der Waals surface area contributed by atoms with Gasteiger partial charge in [0.05, 0.1) is 0 Å². The third-order valence-corrected chi connectivity index (χ3v) is 4.62. The molecule has 0 aliphatic heterocycles. The van der Waals surface area contributed by atoms with E-state index in [1.807, 2.05) is 30.3 Å². The molecule has 0 spiro atoms. The first-order valence-electron chi connectivity index (χ1n) is 10.2. The van der Waals surface area contributed by atoms with Crippen LogP contribution in [0.2, 0.25) is 0 Å². The van der Waals surface area contributed by atoms with Crippen LogP contribution in [-0.4, -0.2) is 21.1 Å². The molecule has 1 amide bonds. The molecular formula is C24H21FN4O3. The van der Waals surface area contributed by atoms with Crippen LogP contribution in [-0.2, 0) is 17.8 Å². The lowest BCUT2D eigenvalue weighted by molar-refractivity contribution is -0.121. The second-order valence-corrected chi connectivity index (χ2v) is 7.02. The van der Waals surface area contributed by atoms with Crippen LogP contribution in [0.1, 0.15) is 24.3 Å². The van der Waals surface area contributed by atoms with E-state index in [1.54, 1.807) is 30.5 Å². The third kappa shape index (κ3) is 5.75. The van der Waals surface area contributed by atoms with Crippen molar-refractivity contribution in [3.8, 4) is 23.1 Å². The Hall–Kier alpha value is -4.07. The summed E-state index contributed by atoms with van der Waals surface area (Å²) in [5, 5.41) is 10.9. The van der Waals surface area contributed by atoms with Gasteiger partial charge in [0.15, 0.2) is 0 Å². The van der Waals surface area contributed by atoms with E-state index in [4.69, 9.17) is 9.15 Å². The van der Waals surface area contributed by atoms with Crippen LogP contribution in [0.5, 0.6) is 11.6 Å². The van der Waals surface area contributed by atoms with E-state index in [1.165, 1.54) is 12.1 Å². The second kappa shape index (κ2) is 10.3. The number of amides is 1. The number of carbonyl (C=O) groups is 1. The highest BCUT2D eigenvalue weighted by Gasteiger charge is 2.11. The Morgan fingerprint density at radius 2 is 1.91 bits per heavy atom. The SMILES string of the molecule is O=C(CCCc1nnc(-c2ccccc2)o1)NCc1cccnc1Oc1cccc(F)c1. The zero-order valence-corrected chi connectivity index (χ0v) is 17.2. The number of hydrogen-bond donors (Lipinski definition) is 1. The van der Waals surface area contributed by atoms with Gasteiger partial charge in [0.2, 0.25) is 23.6 Å². The molecule has 2 aromatic carbocycles. The van der Waals surface area contributed by atoms with Crippen LogP contribution >= 0.6 is 0 Å². The molecule has 1 N–H and O–H groups in total. The van der Waals surface area contributed by atoms with Gasteiger partial charge in [-0.25, -0.2) is 9.37 Å². The summed E-state index contributed by atoms with van der Waals surface area (Å²) >= 11 is 0. The number of carbonyl (C=O) groups excluding carboxylic acids is 1. The molecule has 0 bridgehead atoms. The van der Waals surface area contributed by atoms with Crippen molar-refractivity contribution in [2.45, 2.75) is 25.8 Å². The van der Waals surface area contributed by atoms with Crippen molar-refractivity contribution in [2.75, 3.05) is 0 Å². The molecule has 0 aliphatic carbocycles. The Kier molecular flexibility index (Phi) is 6.81. The van der Waals surface area contributed by atoms with Gasteiger partial charge < -0.3 is 14.5 Å². The van der Waals surface area contributed by atoms with Crippen molar-refractivity contribution in [2.24, 2.45) is 0 Å². The Labute approximate surface area is 184 Å². The summed E-state index contributed by atoms with van der Waals surface area (Å²) < 4.78 is 24.7. The molecule has 0 unspecified atom stereocenters. The topological polar surface area (TPSA) is 90.1 Å². The molecule has 0 fully saturated rings. The van der Waals surface area contributed by atoms with Crippen molar-refractivity contribution in [3.63, 3.8) is 0 Å². The number of nitrogens with zero attached hydrogens (tertiary/aromatic N) is 3. The highest BCUT2D eigenvalue weighted by atomic mass is 19.1. The summed E-state index contributed by atoms with van der Waals surface area (Å²) in [5.41, 5.74) is 1.55. The molecule has 0 saturated carbocycles. The minimum absolute atomic E-state index is 0.117. The fourth-order valence-corrected chi connectivity index (χ4v) is 3.03. The van der Waals surface area contributed by atoms with Gasteiger partial charge in [-0.15, -0.1) is 10.2 Å². The molecule has 32 heavy (non-hydrogen) atoms. The number of rotatable bonds is 9. The number of aromatic nitrogens is 3. The molecule has 0 aliphatic rings. The monoisotopic (exact) mass is 432 g/mol. The Balaban J connectivity index is 1.26. The predicted molar refractivity (Wildman–Crippen MR) is 115 cm³/mol. The van der Waals surface area contributed by atoms with Crippen LogP contribution in [0.3, 0.4) is 0 Å². The number of pyridine rings is 1. The lowest BCUT2D eigenvalue weighted by Crippen LogP contribution is -2.22. The zero-order chi connectivity index (χ0) is 22.2. The third-order valence-electron chi connectivity index (χ3n) is 4.62. The summed E-state index contributed by atoms with van der Waals surface area (Å²) in [4.78, 5) is 16.4. The van der Waals surface area contributed by atoms with E-state index >= 15 is 0 Å². The summed E-state index contributed by atoms with van der Waals surface area (Å²) in [5.74, 6) is 1.10. The lowest BCUT2D eigenvalue weighted by atomic mass is 10.2. The van der Waals surface area contributed by atoms with Gasteiger partial charge in [0, 0.05) is 42.8 Å². The van der Waals surface area contributed by atoms with Crippen LogP contribution in [0.25, 0.3) is 11.5 Å². The second-order valence-electron chi connectivity index (χ2n) is 7.02. The first-order valence-corrected chi connectivity index (χ1v) is 10.2. The smallest absolute Gasteiger partial charge is 0.247 e.